The molecular weight excluding hydrogens is 268 g/mol. The Morgan fingerprint density at radius 2 is 2.00 bits per heavy atom. The maximum atomic E-state index is 9.36. The quantitative estimate of drug-likeness (QED) is 0.757. The van der Waals surface area contributed by atoms with E-state index in [9.17, 15) is 5.26 Å². The second-order valence-electron chi connectivity index (χ2n) is 4.68. The van der Waals surface area contributed by atoms with Crippen LogP contribution in [0.15, 0.2) is 42.5 Å². The molecule has 0 amide bonds. The Kier molecular flexibility index (Phi) is 4.65. The fourth-order valence-electron chi connectivity index (χ4n) is 2.28. The van der Waals surface area contributed by atoms with Gasteiger partial charge >= 0.3 is 0 Å². The summed E-state index contributed by atoms with van der Waals surface area (Å²) in [6.45, 7) is 4.95. The van der Waals surface area contributed by atoms with Crippen molar-refractivity contribution in [2.45, 2.75) is 19.7 Å². The van der Waals surface area contributed by atoms with E-state index in [1.54, 1.807) is 0 Å². The van der Waals surface area contributed by atoms with Gasteiger partial charge in [0.05, 0.1) is 11.3 Å². The SMILES string of the molecule is CCN(c1cccc(C)c1)c1ccc(CCl)cc1C#N. The summed E-state index contributed by atoms with van der Waals surface area (Å²) in [5.41, 5.74) is 4.85. The van der Waals surface area contributed by atoms with Gasteiger partial charge in [-0.05, 0) is 49.2 Å². The maximum absolute atomic E-state index is 9.36. The van der Waals surface area contributed by atoms with Gasteiger partial charge in [-0.3, -0.25) is 0 Å². The molecule has 2 aromatic carbocycles. The molecular formula is C17H17ClN2. The Morgan fingerprint density at radius 1 is 1.20 bits per heavy atom. The molecule has 20 heavy (non-hydrogen) atoms. The summed E-state index contributed by atoms with van der Waals surface area (Å²) in [4.78, 5) is 2.14. The molecule has 0 heterocycles. The van der Waals surface area contributed by atoms with Crippen LogP contribution < -0.4 is 4.90 Å². The van der Waals surface area contributed by atoms with Gasteiger partial charge in [0, 0.05) is 18.1 Å². The Labute approximate surface area is 125 Å². The molecule has 0 aliphatic heterocycles. The van der Waals surface area contributed by atoms with Gasteiger partial charge in [0.15, 0.2) is 0 Å². The Bertz CT molecular complexity index is 644. The molecule has 0 aromatic heterocycles. The van der Waals surface area contributed by atoms with Crippen molar-refractivity contribution in [1.29, 1.82) is 5.26 Å². The lowest BCUT2D eigenvalue weighted by molar-refractivity contribution is 1.02. The highest BCUT2D eigenvalue weighted by molar-refractivity contribution is 6.17. The van der Waals surface area contributed by atoms with Crippen LogP contribution in [0, 0.1) is 18.3 Å². The molecule has 2 nitrogen and oxygen atoms in total. The van der Waals surface area contributed by atoms with Crippen LogP contribution in [0.1, 0.15) is 23.6 Å². The number of aryl methyl sites for hydroxylation is 1. The second-order valence-corrected chi connectivity index (χ2v) is 4.95. The van der Waals surface area contributed by atoms with Crippen LogP contribution in [0.4, 0.5) is 11.4 Å². The normalized spacial score (nSPS) is 10.1. The highest BCUT2D eigenvalue weighted by Gasteiger charge is 2.12. The van der Waals surface area contributed by atoms with Gasteiger partial charge in [-0.2, -0.15) is 5.26 Å². The number of halogens is 1. The maximum Gasteiger partial charge on any atom is 0.101 e. The van der Waals surface area contributed by atoms with Crippen molar-refractivity contribution in [2.75, 3.05) is 11.4 Å². The lowest BCUT2D eigenvalue weighted by atomic mass is 10.1. The molecule has 102 valence electrons. The van der Waals surface area contributed by atoms with Gasteiger partial charge in [-0.1, -0.05) is 18.2 Å². The molecule has 0 fully saturated rings. The van der Waals surface area contributed by atoms with Gasteiger partial charge < -0.3 is 4.90 Å². The summed E-state index contributed by atoms with van der Waals surface area (Å²) in [5, 5.41) is 9.36. The molecule has 0 saturated heterocycles. The highest BCUT2D eigenvalue weighted by Crippen LogP contribution is 2.29. The summed E-state index contributed by atoms with van der Waals surface area (Å²) < 4.78 is 0. The van der Waals surface area contributed by atoms with E-state index in [2.05, 4.69) is 43.0 Å². The number of rotatable bonds is 4. The zero-order chi connectivity index (χ0) is 14.5. The number of hydrogen-bond acceptors (Lipinski definition) is 2. The third-order valence-corrected chi connectivity index (χ3v) is 3.56. The highest BCUT2D eigenvalue weighted by atomic mass is 35.5. The lowest BCUT2D eigenvalue weighted by Crippen LogP contribution is -2.17. The Balaban J connectivity index is 2.50. The molecule has 0 aliphatic carbocycles. The van der Waals surface area contributed by atoms with Crippen molar-refractivity contribution >= 4 is 23.0 Å². The van der Waals surface area contributed by atoms with E-state index in [1.165, 1.54) is 5.56 Å². The van der Waals surface area contributed by atoms with Crippen molar-refractivity contribution in [3.63, 3.8) is 0 Å². The number of nitriles is 1. The zero-order valence-electron chi connectivity index (χ0n) is 11.7. The Hall–Kier alpha value is -1.98. The van der Waals surface area contributed by atoms with Crippen LogP contribution >= 0.6 is 11.6 Å². The first-order valence-electron chi connectivity index (χ1n) is 6.62. The average molecular weight is 285 g/mol. The number of alkyl halides is 1. The molecule has 0 saturated carbocycles. The molecule has 0 radical (unpaired) electrons. The van der Waals surface area contributed by atoms with Gasteiger partial charge in [0.2, 0.25) is 0 Å². The molecule has 0 atom stereocenters. The number of anilines is 2. The molecule has 2 aromatic rings. The lowest BCUT2D eigenvalue weighted by Gasteiger charge is -2.25. The molecule has 0 N–H and O–H groups in total. The van der Waals surface area contributed by atoms with Crippen molar-refractivity contribution in [3.8, 4) is 6.07 Å². The van der Waals surface area contributed by atoms with Crippen molar-refractivity contribution in [3.05, 3.63) is 59.2 Å². The van der Waals surface area contributed by atoms with Crippen LogP contribution in [-0.4, -0.2) is 6.54 Å². The predicted molar refractivity (Wildman–Crippen MR) is 84.6 cm³/mol. The third-order valence-electron chi connectivity index (χ3n) is 3.26. The summed E-state index contributed by atoms with van der Waals surface area (Å²) in [6, 6.07) is 16.4. The van der Waals surface area contributed by atoms with E-state index < -0.39 is 0 Å². The average Bonchev–Trinajstić information content (AvgIpc) is 2.48. The van der Waals surface area contributed by atoms with Crippen LogP contribution in [-0.2, 0) is 5.88 Å². The van der Waals surface area contributed by atoms with E-state index in [4.69, 9.17) is 11.6 Å². The van der Waals surface area contributed by atoms with Crippen molar-refractivity contribution in [1.82, 2.24) is 0 Å². The molecule has 0 unspecified atom stereocenters. The van der Waals surface area contributed by atoms with E-state index >= 15 is 0 Å². The summed E-state index contributed by atoms with van der Waals surface area (Å²) in [7, 11) is 0. The molecule has 0 aliphatic rings. The van der Waals surface area contributed by atoms with Gasteiger partial charge in [0.25, 0.3) is 0 Å². The van der Waals surface area contributed by atoms with E-state index in [-0.39, 0.29) is 0 Å². The summed E-state index contributed by atoms with van der Waals surface area (Å²) in [6.07, 6.45) is 0. The van der Waals surface area contributed by atoms with Crippen LogP contribution in [0.5, 0.6) is 0 Å². The van der Waals surface area contributed by atoms with Crippen LogP contribution in [0.2, 0.25) is 0 Å². The fourth-order valence-corrected chi connectivity index (χ4v) is 2.45. The molecule has 0 spiro atoms. The topological polar surface area (TPSA) is 27.0 Å². The van der Waals surface area contributed by atoms with Gasteiger partial charge in [-0.15, -0.1) is 11.6 Å². The number of nitrogens with zero attached hydrogens (tertiary/aromatic N) is 2. The first-order valence-corrected chi connectivity index (χ1v) is 7.16. The van der Waals surface area contributed by atoms with Crippen LogP contribution in [0.25, 0.3) is 0 Å². The minimum Gasteiger partial charge on any atom is -0.341 e. The van der Waals surface area contributed by atoms with E-state index in [1.807, 2.05) is 24.3 Å². The van der Waals surface area contributed by atoms with E-state index in [0.29, 0.717) is 11.4 Å². The largest absolute Gasteiger partial charge is 0.341 e. The third kappa shape index (κ3) is 2.95. The number of benzene rings is 2. The van der Waals surface area contributed by atoms with Gasteiger partial charge in [-0.25, -0.2) is 0 Å². The zero-order valence-corrected chi connectivity index (χ0v) is 12.5. The van der Waals surface area contributed by atoms with Crippen LogP contribution in [0.3, 0.4) is 0 Å². The minimum absolute atomic E-state index is 0.422. The van der Waals surface area contributed by atoms with Crippen molar-refractivity contribution < 1.29 is 0 Å². The molecule has 2 rings (SSSR count). The minimum atomic E-state index is 0.422. The summed E-state index contributed by atoms with van der Waals surface area (Å²) in [5.74, 6) is 0.422. The second kappa shape index (κ2) is 6.45. The predicted octanol–water partition coefficient (Wildman–Crippen LogP) is 4.76. The standard InChI is InChI=1S/C17H17ClN2/c1-3-20(16-6-4-5-13(2)9-16)17-8-7-14(11-18)10-15(17)12-19/h4-10H,3,11H2,1-2H3. The Morgan fingerprint density at radius 3 is 2.60 bits per heavy atom. The molecule has 3 heteroatoms. The first-order chi connectivity index (χ1) is 9.69. The van der Waals surface area contributed by atoms with E-state index in [0.717, 1.165) is 23.5 Å². The first kappa shape index (κ1) is 14.4. The smallest absolute Gasteiger partial charge is 0.101 e. The van der Waals surface area contributed by atoms with Gasteiger partial charge in [0.1, 0.15) is 6.07 Å². The number of hydrogen-bond donors (Lipinski definition) is 0. The fraction of sp³-hybridized carbons (Fsp3) is 0.235. The van der Waals surface area contributed by atoms with Crippen molar-refractivity contribution in [2.24, 2.45) is 0 Å². The molecule has 0 bridgehead atoms. The summed E-state index contributed by atoms with van der Waals surface area (Å²) >= 11 is 5.84. The monoisotopic (exact) mass is 284 g/mol.